The Kier molecular flexibility index (Phi) is 8.08. The number of carbonyl (C=O) groups is 1. The summed E-state index contributed by atoms with van der Waals surface area (Å²) in [6.07, 6.45) is 3.43. The number of hydrogen-bond acceptors (Lipinski definition) is 3. The summed E-state index contributed by atoms with van der Waals surface area (Å²) in [5, 5.41) is 6.26. The minimum Gasteiger partial charge on any atom is -0.494 e. The Balaban J connectivity index is 0.00000220. The van der Waals surface area contributed by atoms with Crippen LogP contribution >= 0.6 is 12.4 Å². The van der Waals surface area contributed by atoms with Gasteiger partial charge in [0, 0.05) is 19.0 Å². The summed E-state index contributed by atoms with van der Waals surface area (Å²) >= 11 is 0. The Hall–Kier alpha value is -1.33. The van der Waals surface area contributed by atoms with Gasteiger partial charge in [-0.15, -0.1) is 12.4 Å². The van der Waals surface area contributed by atoms with Gasteiger partial charge in [0.1, 0.15) is 11.6 Å². The molecule has 0 bridgehead atoms. The fourth-order valence-corrected chi connectivity index (χ4v) is 2.21. The Morgan fingerprint density at radius 2 is 2.14 bits per heavy atom. The van der Waals surface area contributed by atoms with Crippen molar-refractivity contribution in [2.75, 3.05) is 19.7 Å². The van der Waals surface area contributed by atoms with E-state index in [2.05, 4.69) is 10.6 Å². The molecule has 0 aromatic heterocycles. The number of nitrogens with one attached hydrogen (secondary N) is 2. The van der Waals surface area contributed by atoms with Gasteiger partial charge in [-0.2, -0.15) is 0 Å². The number of hydrogen-bond donors (Lipinski definition) is 2. The summed E-state index contributed by atoms with van der Waals surface area (Å²) in [7, 11) is 0. The van der Waals surface area contributed by atoms with Crippen LogP contribution in [0.2, 0.25) is 0 Å². The van der Waals surface area contributed by atoms with Crippen LogP contribution in [0.5, 0.6) is 5.75 Å². The maximum atomic E-state index is 12.7. The van der Waals surface area contributed by atoms with Crippen LogP contribution in [-0.2, 0) is 4.79 Å². The van der Waals surface area contributed by atoms with Crippen molar-refractivity contribution in [1.29, 1.82) is 0 Å². The van der Waals surface area contributed by atoms with E-state index in [1.54, 1.807) is 12.1 Å². The quantitative estimate of drug-likeness (QED) is 0.759. The Morgan fingerprint density at radius 1 is 1.38 bits per heavy atom. The molecule has 118 valence electrons. The van der Waals surface area contributed by atoms with Crippen LogP contribution in [0.3, 0.4) is 0 Å². The van der Waals surface area contributed by atoms with Crippen molar-refractivity contribution in [1.82, 2.24) is 10.6 Å². The van der Waals surface area contributed by atoms with Crippen LogP contribution in [0.4, 0.5) is 4.39 Å². The minimum atomic E-state index is -0.280. The third-order valence-electron chi connectivity index (χ3n) is 3.34. The molecule has 0 radical (unpaired) electrons. The van der Waals surface area contributed by atoms with Crippen molar-refractivity contribution in [2.45, 2.75) is 31.7 Å². The lowest BCUT2D eigenvalue weighted by molar-refractivity contribution is -0.121. The summed E-state index contributed by atoms with van der Waals surface area (Å²) in [5.74, 6) is 0.403. The highest BCUT2D eigenvalue weighted by Gasteiger charge is 2.14. The monoisotopic (exact) mass is 316 g/mol. The summed E-state index contributed by atoms with van der Waals surface area (Å²) in [6, 6.07) is 6.31. The standard InChI is InChI=1S/C15H21FN2O2.ClH/c16-12-5-7-14(8-6-12)20-10-2-4-15(19)18-11-13-3-1-9-17-13;/h5-8,13,17H,1-4,9-11H2,(H,18,19);1H. The molecule has 4 nitrogen and oxygen atoms in total. The van der Waals surface area contributed by atoms with Crippen LogP contribution in [0.15, 0.2) is 24.3 Å². The predicted octanol–water partition coefficient (Wildman–Crippen LogP) is 2.27. The van der Waals surface area contributed by atoms with Gasteiger partial charge in [0.2, 0.25) is 5.91 Å². The van der Waals surface area contributed by atoms with Crippen LogP contribution in [-0.4, -0.2) is 31.6 Å². The van der Waals surface area contributed by atoms with E-state index < -0.39 is 0 Å². The Bertz CT molecular complexity index is 422. The lowest BCUT2D eigenvalue weighted by atomic mass is 10.2. The maximum Gasteiger partial charge on any atom is 0.220 e. The second-order valence-corrected chi connectivity index (χ2v) is 5.00. The van der Waals surface area contributed by atoms with E-state index in [1.807, 2.05) is 0 Å². The summed E-state index contributed by atoms with van der Waals surface area (Å²) in [6.45, 7) is 2.21. The molecule has 6 heteroatoms. The molecule has 1 heterocycles. The van der Waals surface area contributed by atoms with Gasteiger partial charge >= 0.3 is 0 Å². The third kappa shape index (κ3) is 6.78. The summed E-state index contributed by atoms with van der Waals surface area (Å²) < 4.78 is 18.1. The first kappa shape index (κ1) is 17.7. The maximum absolute atomic E-state index is 12.7. The zero-order valence-corrected chi connectivity index (χ0v) is 12.8. The number of rotatable bonds is 7. The van der Waals surface area contributed by atoms with Crippen LogP contribution in [0, 0.1) is 5.82 Å². The molecular formula is C15H22ClFN2O2. The van der Waals surface area contributed by atoms with Gasteiger partial charge in [0.05, 0.1) is 6.61 Å². The molecule has 1 aromatic rings. The first-order chi connectivity index (χ1) is 9.74. The average Bonchev–Trinajstić information content (AvgIpc) is 2.96. The Morgan fingerprint density at radius 3 is 2.81 bits per heavy atom. The molecule has 0 spiro atoms. The van der Waals surface area contributed by atoms with Crippen LogP contribution < -0.4 is 15.4 Å². The Labute approximate surface area is 130 Å². The fraction of sp³-hybridized carbons (Fsp3) is 0.533. The highest BCUT2D eigenvalue weighted by atomic mass is 35.5. The molecule has 1 atom stereocenters. The minimum absolute atomic E-state index is 0. The molecule has 21 heavy (non-hydrogen) atoms. The van der Waals surface area contributed by atoms with E-state index in [1.165, 1.54) is 18.6 Å². The molecule has 1 aliphatic heterocycles. The zero-order chi connectivity index (χ0) is 14.2. The first-order valence-electron chi connectivity index (χ1n) is 7.12. The number of benzene rings is 1. The molecule has 1 amide bonds. The molecule has 2 N–H and O–H groups in total. The number of carbonyl (C=O) groups excluding carboxylic acids is 1. The van der Waals surface area contributed by atoms with E-state index in [4.69, 9.17) is 4.74 Å². The van der Waals surface area contributed by atoms with Crippen LogP contribution in [0.1, 0.15) is 25.7 Å². The fourth-order valence-electron chi connectivity index (χ4n) is 2.21. The second-order valence-electron chi connectivity index (χ2n) is 5.00. The lowest BCUT2D eigenvalue weighted by Gasteiger charge is -2.11. The third-order valence-corrected chi connectivity index (χ3v) is 3.34. The molecule has 1 unspecified atom stereocenters. The molecule has 2 rings (SSSR count). The smallest absolute Gasteiger partial charge is 0.220 e. The molecule has 1 aliphatic rings. The largest absolute Gasteiger partial charge is 0.494 e. The highest BCUT2D eigenvalue weighted by Crippen LogP contribution is 2.11. The molecule has 0 saturated carbocycles. The number of halogens is 2. The van der Waals surface area contributed by atoms with E-state index in [0.717, 1.165) is 13.0 Å². The van der Waals surface area contributed by atoms with Crippen molar-refractivity contribution in [2.24, 2.45) is 0 Å². The second kappa shape index (κ2) is 9.58. The number of amides is 1. The van der Waals surface area contributed by atoms with Gasteiger partial charge < -0.3 is 15.4 Å². The van der Waals surface area contributed by atoms with E-state index >= 15 is 0 Å². The normalized spacial score (nSPS) is 17.1. The van der Waals surface area contributed by atoms with Gasteiger partial charge in [0.25, 0.3) is 0 Å². The van der Waals surface area contributed by atoms with E-state index in [-0.39, 0.29) is 24.1 Å². The summed E-state index contributed by atoms with van der Waals surface area (Å²) in [5.41, 5.74) is 0. The lowest BCUT2D eigenvalue weighted by Crippen LogP contribution is -2.37. The van der Waals surface area contributed by atoms with Gasteiger partial charge in [-0.3, -0.25) is 4.79 Å². The predicted molar refractivity (Wildman–Crippen MR) is 82.4 cm³/mol. The SMILES string of the molecule is Cl.O=C(CCCOc1ccc(F)cc1)NCC1CCCN1. The number of ether oxygens (including phenoxy) is 1. The molecule has 1 fully saturated rings. The summed E-state index contributed by atoms with van der Waals surface area (Å²) in [4.78, 5) is 11.6. The van der Waals surface area contributed by atoms with Crippen molar-refractivity contribution in [3.05, 3.63) is 30.1 Å². The van der Waals surface area contributed by atoms with E-state index in [9.17, 15) is 9.18 Å². The van der Waals surface area contributed by atoms with E-state index in [0.29, 0.717) is 37.8 Å². The molecule has 1 aromatic carbocycles. The van der Waals surface area contributed by atoms with Crippen molar-refractivity contribution in [3.8, 4) is 5.75 Å². The molecule has 0 aliphatic carbocycles. The van der Waals surface area contributed by atoms with Gasteiger partial charge in [-0.25, -0.2) is 4.39 Å². The van der Waals surface area contributed by atoms with Crippen molar-refractivity contribution in [3.63, 3.8) is 0 Å². The average molecular weight is 317 g/mol. The van der Waals surface area contributed by atoms with Gasteiger partial charge in [0.15, 0.2) is 0 Å². The molecule has 1 saturated heterocycles. The molecular weight excluding hydrogens is 295 g/mol. The van der Waals surface area contributed by atoms with Gasteiger partial charge in [-0.05, 0) is 50.1 Å². The zero-order valence-electron chi connectivity index (χ0n) is 11.9. The van der Waals surface area contributed by atoms with Crippen molar-refractivity contribution < 1.29 is 13.9 Å². The topological polar surface area (TPSA) is 50.4 Å². The van der Waals surface area contributed by atoms with Crippen molar-refractivity contribution >= 4 is 18.3 Å². The van der Waals surface area contributed by atoms with Crippen LogP contribution in [0.25, 0.3) is 0 Å². The first-order valence-corrected chi connectivity index (χ1v) is 7.12. The van der Waals surface area contributed by atoms with Gasteiger partial charge in [-0.1, -0.05) is 0 Å². The highest BCUT2D eigenvalue weighted by molar-refractivity contribution is 5.85.